The van der Waals surface area contributed by atoms with Gasteiger partial charge in [-0.3, -0.25) is 19.3 Å². The molecule has 1 aromatic rings. The molecule has 7 nitrogen and oxygen atoms in total. The highest BCUT2D eigenvalue weighted by molar-refractivity contribution is 8.14. The molecular formula is C18H22N2O5S. The first-order chi connectivity index (χ1) is 12.5. The molecule has 0 unspecified atom stereocenters. The van der Waals surface area contributed by atoms with Gasteiger partial charge in [0.2, 0.25) is 5.91 Å². The Morgan fingerprint density at radius 1 is 1.12 bits per heavy atom. The second kappa shape index (κ2) is 7.99. The van der Waals surface area contributed by atoms with Crippen molar-refractivity contribution < 1.29 is 23.9 Å². The van der Waals surface area contributed by atoms with Gasteiger partial charge in [-0.05, 0) is 25.0 Å². The molecule has 0 aromatic heterocycles. The first kappa shape index (κ1) is 18.6. The van der Waals surface area contributed by atoms with Crippen LogP contribution >= 0.6 is 11.8 Å². The lowest BCUT2D eigenvalue weighted by atomic mass is 9.89. The maximum atomic E-state index is 12.8. The molecule has 3 rings (SSSR count). The number of carbonyl (C=O) groups excluding carboxylic acids is 3. The second-order valence-corrected chi connectivity index (χ2v) is 7.28. The van der Waals surface area contributed by atoms with Gasteiger partial charge in [0.15, 0.2) is 0 Å². The summed E-state index contributed by atoms with van der Waals surface area (Å²) in [5.41, 5.74) is 0.416. The van der Waals surface area contributed by atoms with Gasteiger partial charge in [0, 0.05) is 11.6 Å². The molecule has 140 valence electrons. The number of nitrogens with one attached hydrogen (secondary N) is 1. The molecule has 0 spiro atoms. The SMILES string of the molecule is COc1cc(OC)cc(C(=O)N[C@H]2CCCC[C@H]2N2C(=O)CSC2=O)c1. The van der Waals surface area contributed by atoms with Crippen molar-refractivity contribution in [1.29, 1.82) is 0 Å². The van der Waals surface area contributed by atoms with Gasteiger partial charge in [0.25, 0.3) is 11.1 Å². The van der Waals surface area contributed by atoms with Gasteiger partial charge in [-0.25, -0.2) is 0 Å². The number of thioether (sulfide) groups is 1. The van der Waals surface area contributed by atoms with Crippen molar-refractivity contribution in [3.05, 3.63) is 23.8 Å². The number of hydrogen-bond acceptors (Lipinski definition) is 6. The Morgan fingerprint density at radius 2 is 1.77 bits per heavy atom. The van der Waals surface area contributed by atoms with E-state index in [1.54, 1.807) is 18.2 Å². The Hall–Kier alpha value is -2.22. The first-order valence-electron chi connectivity index (χ1n) is 8.56. The average molecular weight is 378 g/mol. The number of imide groups is 1. The molecule has 26 heavy (non-hydrogen) atoms. The van der Waals surface area contributed by atoms with Crippen LogP contribution in [0.15, 0.2) is 18.2 Å². The number of carbonyl (C=O) groups is 3. The normalized spacial score (nSPS) is 23.1. The van der Waals surface area contributed by atoms with E-state index < -0.39 is 0 Å². The highest BCUT2D eigenvalue weighted by Crippen LogP contribution is 2.30. The lowest BCUT2D eigenvalue weighted by Gasteiger charge is -2.36. The Morgan fingerprint density at radius 3 is 2.35 bits per heavy atom. The van der Waals surface area contributed by atoms with Crippen LogP contribution in [-0.4, -0.2) is 54.0 Å². The van der Waals surface area contributed by atoms with Crippen LogP contribution in [0.4, 0.5) is 4.79 Å². The Balaban J connectivity index is 1.78. The minimum Gasteiger partial charge on any atom is -0.497 e. The number of hydrogen-bond donors (Lipinski definition) is 1. The Bertz CT molecular complexity index is 685. The van der Waals surface area contributed by atoms with Gasteiger partial charge in [-0.15, -0.1) is 0 Å². The standard InChI is InChI=1S/C18H22N2O5S/c1-24-12-7-11(8-13(9-12)25-2)17(22)19-14-5-3-4-6-15(14)20-16(21)10-26-18(20)23/h7-9,14-15H,3-6,10H2,1-2H3,(H,19,22)/t14-,15+/m0/s1. The summed E-state index contributed by atoms with van der Waals surface area (Å²) in [4.78, 5) is 38.3. The van der Waals surface area contributed by atoms with E-state index in [0.29, 0.717) is 23.5 Å². The van der Waals surface area contributed by atoms with Crippen molar-refractivity contribution in [3.63, 3.8) is 0 Å². The number of amides is 3. The van der Waals surface area contributed by atoms with Crippen LogP contribution in [0.5, 0.6) is 11.5 Å². The first-order valence-corrected chi connectivity index (χ1v) is 9.55. The van der Waals surface area contributed by atoms with E-state index in [4.69, 9.17) is 9.47 Å². The number of rotatable bonds is 5. The maximum absolute atomic E-state index is 12.8. The summed E-state index contributed by atoms with van der Waals surface area (Å²) < 4.78 is 10.4. The van der Waals surface area contributed by atoms with E-state index >= 15 is 0 Å². The van der Waals surface area contributed by atoms with Gasteiger partial charge >= 0.3 is 0 Å². The molecule has 1 N–H and O–H groups in total. The summed E-state index contributed by atoms with van der Waals surface area (Å²) in [5.74, 6) is 0.787. The molecular weight excluding hydrogens is 356 g/mol. The van der Waals surface area contributed by atoms with Gasteiger partial charge in [-0.2, -0.15) is 0 Å². The number of ether oxygens (including phenoxy) is 2. The highest BCUT2D eigenvalue weighted by atomic mass is 32.2. The summed E-state index contributed by atoms with van der Waals surface area (Å²) in [6, 6.07) is 4.43. The van der Waals surface area contributed by atoms with Crippen molar-refractivity contribution in [2.24, 2.45) is 0 Å². The fourth-order valence-electron chi connectivity index (χ4n) is 3.46. The predicted molar refractivity (Wildman–Crippen MR) is 97.8 cm³/mol. The van der Waals surface area contributed by atoms with Crippen LogP contribution in [0, 0.1) is 0 Å². The largest absolute Gasteiger partial charge is 0.497 e. The molecule has 2 fully saturated rings. The van der Waals surface area contributed by atoms with E-state index in [2.05, 4.69) is 5.32 Å². The summed E-state index contributed by atoms with van der Waals surface area (Å²) in [6.07, 6.45) is 3.33. The summed E-state index contributed by atoms with van der Waals surface area (Å²) >= 11 is 1.03. The van der Waals surface area contributed by atoms with Crippen molar-refractivity contribution in [2.45, 2.75) is 37.8 Å². The fourth-order valence-corrected chi connectivity index (χ4v) is 4.23. The molecule has 2 aliphatic rings. The third-order valence-electron chi connectivity index (χ3n) is 4.78. The lowest BCUT2D eigenvalue weighted by molar-refractivity contribution is -0.127. The minimum atomic E-state index is -0.282. The van der Waals surface area contributed by atoms with Gasteiger partial charge in [0.05, 0.1) is 32.1 Å². The molecule has 8 heteroatoms. The van der Waals surface area contributed by atoms with E-state index in [-0.39, 0.29) is 34.9 Å². The topological polar surface area (TPSA) is 84.9 Å². The Kier molecular flexibility index (Phi) is 5.70. The van der Waals surface area contributed by atoms with Gasteiger partial charge in [0.1, 0.15) is 11.5 Å². The highest BCUT2D eigenvalue weighted by Gasteiger charge is 2.41. The molecule has 1 saturated carbocycles. The van der Waals surface area contributed by atoms with Gasteiger partial charge < -0.3 is 14.8 Å². The van der Waals surface area contributed by atoms with Crippen molar-refractivity contribution >= 4 is 28.8 Å². The molecule has 1 saturated heterocycles. The Labute approximate surface area is 156 Å². The number of methoxy groups -OCH3 is 2. The maximum Gasteiger partial charge on any atom is 0.289 e. The molecule has 1 aliphatic heterocycles. The molecule has 1 aliphatic carbocycles. The molecule has 2 atom stereocenters. The zero-order valence-corrected chi connectivity index (χ0v) is 15.6. The van der Waals surface area contributed by atoms with E-state index in [1.807, 2.05) is 0 Å². The molecule has 0 bridgehead atoms. The summed E-state index contributed by atoms with van der Waals surface area (Å²) in [6.45, 7) is 0. The molecule has 0 radical (unpaired) electrons. The summed E-state index contributed by atoms with van der Waals surface area (Å²) in [7, 11) is 3.05. The number of nitrogens with zero attached hydrogens (tertiary/aromatic N) is 1. The molecule has 1 aromatic carbocycles. The summed E-state index contributed by atoms with van der Waals surface area (Å²) in [5, 5.41) is 2.78. The lowest BCUT2D eigenvalue weighted by Crippen LogP contribution is -2.54. The molecule has 1 heterocycles. The smallest absolute Gasteiger partial charge is 0.289 e. The monoisotopic (exact) mass is 378 g/mol. The van der Waals surface area contributed by atoms with Crippen LogP contribution in [-0.2, 0) is 4.79 Å². The third-order valence-corrected chi connectivity index (χ3v) is 5.61. The number of benzene rings is 1. The zero-order valence-electron chi connectivity index (χ0n) is 14.8. The fraction of sp³-hybridized carbons (Fsp3) is 0.500. The zero-order chi connectivity index (χ0) is 18.7. The van der Waals surface area contributed by atoms with Crippen molar-refractivity contribution in [2.75, 3.05) is 20.0 Å². The van der Waals surface area contributed by atoms with Crippen LogP contribution in [0.25, 0.3) is 0 Å². The second-order valence-electron chi connectivity index (χ2n) is 6.35. The van der Waals surface area contributed by atoms with Gasteiger partial charge in [-0.1, -0.05) is 24.6 Å². The van der Waals surface area contributed by atoms with Crippen molar-refractivity contribution in [3.8, 4) is 11.5 Å². The third kappa shape index (κ3) is 3.80. The molecule has 3 amide bonds. The van der Waals surface area contributed by atoms with Crippen LogP contribution in [0.1, 0.15) is 36.0 Å². The predicted octanol–water partition coefficient (Wildman–Crippen LogP) is 2.44. The van der Waals surface area contributed by atoms with Crippen LogP contribution in [0.3, 0.4) is 0 Å². The van der Waals surface area contributed by atoms with E-state index in [9.17, 15) is 14.4 Å². The quantitative estimate of drug-likeness (QED) is 0.847. The van der Waals surface area contributed by atoms with Crippen LogP contribution < -0.4 is 14.8 Å². The van der Waals surface area contributed by atoms with E-state index in [1.165, 1.54) is 19.1 Å². The van der Waals surface area contributed by atoms with Crippen LogP contribution in [0.2, 0.25) is 0 Å². The minimum absolute atomic E-state index is 0.172. The van der Waals surface area contributed by atoms with E-state index in [0.717, 1.165) is 31.0 Å². The van der Waals surface area contributed by atoms with Crippen molar-refractivity contribution in [1.82, 2.24) is 10.2 Å². The average Bonchev–Trinajstić information content (AvgIpc) is 3.00.